The van der Waals surface area contributed by atoms with Gasteiger partial charge in [-0.25, -0.2) is 0 Å². The zero-order valence-corrected chi connectivity index (χ0v) is 20.0. The average molecular weight is 651 g/mol. The van der Waals surface area contributed by atoms with Gasteiger partial charge in [-0.05, 0) is 34.1 Å². The van der Waals surface area contributed by atoms with Gasteiger partial charge in [-0.15, -0.1) is 0 Å². The Hall–Kier alpha value is -3.74. The molecule has 0 heterocycles. The third-order valence-corrected chi connectivity index (χ3v) is 3.09. The SMILES string of the molecule is COC(C)(C)C.Cc1ccccc1.NC(=O)CCC(C=O)NC(=O)CN[C-]=O.[Fm]. The van der Waals surface area contributed by atoms with E-state index in [4.69, 9.17) is 10.5 Å². The van der Waals surface area contributed by atoms with Gasteiger partial charge in [-0.2, -0.15) is 6.41 Å². The Morgan fingerprint density at radius 3 is 2.07 bits per heavy atom. The Bertz CT molecular complexity index is 577. The standard InChI is InChI=1S/C8H12N3O4.C7H8.C5H12O.Fm/c9-7(14)2-1-6(4-12)11-8(15)3-10-5-13;1-7-5-3-2-4-6-7;1-5(2,3)6-4;/h4,6H,1-3H2,(H2,9,14)(H,10,13)(H,11,15);2-6H,1H3;1-4H3;/q-1;;;. The Labute approximate surface area is 167 Å². The molecule has 29 heavy (non-hydrogen) atoms. The van der Waals surface area contributed by atoms with E-state index in [1.165, 1.54) is 12.0 Å². The van der Waals surface area contributed by atoms with Gasteiger partial charge < -0.3 is 30.7 Å². The zero-order chi connectivity index (χ0) is 22.0. The molecule has 0 aliphatic heterocycles. The first-order valence-corrected chi connectivity index (χ1v) is 8.75. The minimum absolute atomic E-state index is 0. The summed E-state index contributed by atoms with van der Waals surface area (Å²) >= 11 is 0. The molecule has 1 atom stereocenters. The molecule has 4 N–H and O–H groups in total. The maximum atomic E-state index is 11.0. The van der Waals surface area contributed by atoms with Crippen LogP contribution in [0.25, 0.3) is 0 Å². The Balaban J connectivity index is -0.000000399. The molecule has 0 bridgehead atoms. The molecule has 0 radical (unpaired) electrons. The minimum Gasteiger partial charge on any atom is -0.522 e. The summed E-state index contributed by atoms with van der Waals surface area (Å²) in [5.74, 6) is -1.07. The van der Waals surface area contributed by atoms with Crippen molar-refractivity contribution in [1.29, 1.82) is 0 Å². The summed E-state index contributed by atoms with van der Waals surface area (Å²) in [4.78, 5) is 41.6. The van der Waals surface area contributed by atoms with Gasteiger partial charge in [-0.3, -0.25) is 9.59 Å². The van der Waals surface area contributed by atoms with E-state index >= 15 is 0 Å². The maximum Gasteiger partial charge on any atom is 0.237 e. The molecule has 0 spiro atoms. The van der Waals surface area contributed by atoms with Crippen LogP contribution < -0.4 is 16.4 Å². The van der Waals surface area contributed by atoms with Gasteiger partial charge in [0, 0.05) is 13.5 Å². The number of methoxy groups -OCH3 is 1. The first-order valence-electron chi connectivity index (χ1n) is 8.75. The molecule has 0 aromatic heterocycles. The van der Waals surface area contributed by atoms with Gasteiger partial charge in [0.2, 0.25) is 11.8 Å². The number of aldehydes is 1. The number of hydrogen-bond acceptors (Lipinski definition) is 5. The van der Waals surface area contributed by atoms with Crippen LogP contribution >= 0.6 is 0 Å². The summed E-state index contributed by atoms with van der Waals surface area (Å²) in [6.45, 7) is 7.89. The number of nitrogens with one attached hydrogen (secondary N) is 2. The molecule has 0 aliphatic carbocycles. The molecule has 0 saturated carbocycles. The van der Waals surface area contributed by atoms with Crippen LogP contribution in [0.2, 0.25) is 0 Å². The monoisotopic (exact) mass is 651 g/mol. The number of benzene rings is 1. The van der Waals surface area contributed by atoms with E-state index in [1.807, 2.05) is 44.3 Å². The Morgan fingerprint density at radius 2 is 1.76 bits per heavy atom. The molecular formula is C20H32FmN3O5-. The summed E-state index contributed by atoms with van der Waals surface area (Å²) in [6, 6.07) is 9.50. The second-order valence-corrected chi connectivity index (χ2v) is 6.74. The van der Waals surface area contributed by atoms with Crippen molar-refractivity contribution >= 4 is 24.5 Å². The topological polar surface area (TPSA) is 128 Å². The normalized spacial score (nSPS) is 10.4. The van der Waals surface area contributed by atoms with Crippen molar-refractivity contribution in [3.63, 3.8) is 0 Å². The van der Waals surface area contributed by atoms with E-state index in [0.717, 1.165) is 0 Å². The van der Waals surface area contributed by atoms with Crippen molar-refractivity contribution in [3.8, 4) is 0 Å². The fraction of sp³-hybridized carbons (Fsp3) is 0.500. The van der Waals surface area contributed by atoms with Gasteiger partial charge in [0.05, 0.1) is 18.2 Å². The first kappa shape index (κ1) is 30.0. The molecule has 1 rings (SSSR count). The maximum absolute atomic E-state index is 11.0. The quantitative estimate of drug-likeness (QED) is 0.220. The van der Waals surface area contributed by atoms with Crippen molar-refractivity contribution in [2.75, 3.05) is 13.7 Å². The van der Waals surface area contributed by atoms with E-state index in [9.17, 15) is 19.2 Å². The molecule has 9 heteroatoms. The number of primary amides is 1. The Morgan fingerprint density at radius 1 is 1.24 bits per heavy atom. The average Bonchev–Trinajstić information content (AvgIpc) is 2.64. The van der Waals surface area contributed by atoms with Crippen LogP contribution in [-0.2, 0) is 23.9 Å². The summed E-state index contributed by atoms with van der Waals surface area (Å²) in [5, 5.41) is 4.32. The van der Waals surface area contributed by atoms with E-state index in [0.29, 0.717) is 6.29 Å². The molecular weight excluding hydrogens is 619 g/mol. The first-order chi connectivity index (χ1) is 13.1. The van der Waals surface area contributed by atoms with Gasteiger partial charge in [-0.1, -0.05) is 35.9 Å². The zero-order valence-electron chi connectivity index (χ0n) is 17.6. The van der Waals surface area contributed by atoms with Crippen LogP contribution in [0, 0.1) is 6.92 Å². The van der Waals surface area contributed by atoms with Crippen molar-refractivity contribution in [1.82, 2.24) is 10.6 Å². The number of aryl methyl sites for hydroxylation is 1. The predicted molar refractivity (Wildman–Crippen MR) is 108 cm³/mol. The molecule has 1 aromatic carbocycles. The van der Waals surface area contributed by atoms with Crippen molar-refractivity contribution < 1.29 is 23.9 Å². The minimum atomic E-state index is -0.765. The van der Waals surface area contributed by atoms with E-state index < -0.39 is 17.9 Å². The van der Waals surface area contributed by atoms with Crippen molar-refractivity contribution in [3.05, 3.63) is 35.9 Å². The summed E-state index contributed by atoms with van der Waals surface area (Å²) in [6.07, 6.45) is 1.98. The van der Waals surface area contributed by atoms with Gasteiger partial charge in [0.15, 0.2) is 0 Å². The van der Waals surface area contributed by atoms with Crippen LogP contribution in [0.3, 0.4) is 0 Å². The smallest absolute Gasteiger partial charge is 0.237 e. The number of carbonyl (C=O) groups excluding carboxylic acids is 4. The fourth-order valence-corrected chi connectivity index (χ4v) is 1.38. The number of rotatable bonds is 8. The van der Waals surface area contributed by atoms with E-state index in [2.05, 4.69) is 24.4 Å². The van der Waals surface area contributed by atoms with Gasteiger partial charge in [0.25, 0.3) is 0 Å². The molecule has 1 aromatic rings. The number of hydrogen-bond donors (Lipinski definition) is 3. The van der Waals surface area contributed by atoms with Crippen LogP contribution in [0.15, 0.2) is 30.3 Å². The van der Waals surface area contributed by atoms with Crippen molar-refractivity contribution in [2.24, 2.45) is 5.73 Å². The summed E-state index contributed by atoms with van der Waals surface area (Å²) in [5.41, 5.74) is 6.24. The van der Waals surface area contributed by atoms with E-state index in [1.54, 1.807) is 7.11 Å². The molecule has 3 amide bonds. The molecule has 1 unspecified atom stereocenters. The largest absolute Gasteiger partial charge is 0.522 e. The molecule has 0 saturated heterocycles. The summed E-state index contributed by atoms with van der Waals surface area (Å²) < 4.78 is 4.94. The fourth-order valence-electron chi connectivity index (χ4n) is 1.38. The number of ether oxygens (including phenoxy) is 1. The van der Waals surface area contributed by atoms with Crippen LogP contribution in [-0.4, -0.2) is 49.8 Å². The van der Waals surface area contributed by atoms with Crippen LogP contribution in [0.4, 0.5) is 0 Å². The number of amides is 3. The second kappa shape index (κ2) is 17.7. The summed E-state index contributed by atoms with van der Waals surface area (Å²) in [7, 11) is 1.71. The molecule has 8 nitrogen and oxygen atoms in total. The third kappa shape index (κ3) is 24.3. The third-order valence-electron chi connectivity index (χ3n) is 3.09. The Kier molecular flexibility index (Phi) is 18.3. The van der Waals surface area contributed by atoms with Crippen LogP contribution in [0.1, 0.15) is 39.2 Å². The van der Waals surface area contributed by atoms with Gasteiger partial charge in [0.1, 0.15) is 6.29 Å². The molecule has 0 fully saturated rings. The molecule has 0 aliphatic rings. The van der Waals surface area contributed by atoms with Crippen molar-refractivity contribution in [2.45, 2.75) is 52.2 Å². The van der Waals surface area contributed by atoms with Crippen LogP contribution in [0.5, 0.6) is 0 Å². The van der Waals surface area contributed by atoms with E-state index in [-0.39, 0.29) is 25.0 Å². The second-order valence-electron chi connectivity index (χ2n) is 6.74. The van der Waals surface area contributed by atoms with Gasteiger partial charge >= 0.3 is 0 Å². The predicted octanol–water partition coefficient (Wildman–Crippen LogP) is 1.02. The number of carbonyl (C=O) groups is 3. The number of nitrogens with two attached hydrogens (primary N) is 1. The molecule has 170 valence electrons.